The molecular formula is C26H30FN3O2S2. The number of aryl methyl sites for hydroxylation is 1. The fourth-order valence-corrected chi connectivity index (χ4v) is 7.96. The van der Waals surface area contributed by atoms with E-state index < -0.39 is 10.0 Å². The van der Waals surface area contributed by atoms with Crippen molar-refractivity contribution in [3.63, 3.8) is 0 Å². The van der Waals surface area contributed by atoms with Gasteiger partial charge in [-0.1, -0.05) is 6.07 Å². The minimum atomic E-state index is -3.49. The Morgan fingerprint density at radius 1 is 0.882 bits per heavy atom. The molecular weight excluding hydrogens is 469 g/mol. The van der Waals surface area contributed by atoms with Crippen molar-refractivity contribution in [3.05, 3.63) is 76.4 Å². The molecule has 34 heavy (non-hydrogen) atoms. The average Bonchev–Trinajstić information content (AvgIpc) is 3.36. The SMILES string of the molecule is Cc1ccc(S(=O)(=O)NC2C3CCC2Cc2cc(NCCNc4ccc(F)cc4)ccc2C3)s1. The van der Waals surface area contributed by atoms with Crippen LogP contribution in [0, 0.1) is 24.6 Å². The van der Waals surface area contributed by atoms with E-state index in [2.05, 4.69) is 33.6 Å². The van der Waals surface area contributed by atoms with E-state index in [0.29, 0.717) is 16.0 Å². The molecule has 5 rings (SSSR count). The highest BCUT2D eigenvalue weighted by molar-refractivity contribution is 7.91. The second kappa shape index (κ2) is 9.68. The Hall–Kier alpha value is -2.42. The standard InChI is InChI=1S/C26H30FN3O2S2/c1-17-2-11-25(33-17)34(31,32)30-26-19-3-4-20(26)15-21-16-24(8-5-18(21)14-19)29-13-12-28-23-9-6-22(27)7-10-23/h2,5-11,16,19-20,26,28-30H,3-4,12-15H2,1H3. The molecule has 0 saturated heterocycles. The molecule has 2 aliphatic rings. The van der Waals surface area contributed by atoms with Gasteiger partial charge in [0.15, 0.2) is 0 Å². The molecule has 2 aliphatic carbocycles. The van der Waals surface area contributed by atoms with E-state index in [1.165, 1.54) is 34.6 Å². The number of hydrogen-bond acceptors (Lipinski definition) is 5. The summed E-state index contributed by atoms with van der Waals surface area (Å²) >= 11 is 1.33. The molecule has 3 atom stereocenters. The van der Waals surface area contributed by atoms with Crippen LogP contribution in [0.25, 0.3) is 0 Å². The van der Waals surface area contributed by atoms with Crippen LogP contribution in [0.3, 0.4) is 0 Å². The highest BCUT2D eigenvalue weighted by atomic mass is 32.2. The normalized spacial score (nSPS) is 21.6. The third kappa shape index (κ3) is 5.14. The van der Waals surface area contributed by atoms with Crippen LogP contribution in [0.15, 0.2) is 58.8 Å². The molecule has 2 bridgehead atoms. The van der Waals surface area contributed by atoms with Gasteiger partial charge in [-0.25, -0.2) is 17.5 Å². The Bertz CT molecular complexity index is 1260. The van der Waals surface area contributed by atoms with Crippen LogP contribution in [0.5, 0.6) is 0 Å². The zero-order valence-corrected chi connectivity index (χ0v) is 20.8. The van der Waals surface area contributed by atoms with Crippen LogP contribution >= 0.6 is 11.3 Å². The van der Waals surface area contributed by atoms with E-state index in [9.17, 15) is 12.8 Å². The second-order valence-electron chi connectivity index (χ2n) is 9.36. The molecule has 180 valence electrons. The Morgan fingerprint density at radius 3 is 2.21 bits per heavy atom. The third-order valence-corrected chi connectivity index (χ3v) is 9.95. The van der Waals surface area contributed by atoms with Crippen molar-refractivity contribution in [1.82, 2.24) is 4.72 Å². The van der Waals surface area contributed by atoms with Crippen LogP contribution in [0.2, 0.25) is 0 Å². The molecule has 1 fully saturated rings. The fourth-order valence-electron chi connectivity index (χ4n) is 5.29. The van der Waals surface area contributed by atoms with Crippen LogP contribution in [-0.2, 0) is 22.9 Å². The van der Waals surface area contributed by atoms with Gasteiger partial charge in [-0.2, -0.15) is 0 Å². The first-order chi connectivity index (χ1) is 16.4. The summed E-state index contributed by atoms with van der Waals surface area (Å²) in [5.41, 5.74) is 4.62. The molecule has 5 nitrogen and oxygen atoms in total. The molecule has 0 amide bonds. The van der Waals surface area contributed by atoms with Gasteiger partial charge in [0.25, 0.3) is 0 Å². The van der Waals surface area contributed by atoms with Crippen molar-refractivity contribution in [2.75, 3.05) is 23.7 Å². The predicted octanol–water partition coefficient (Wildman–Crippen LogP) is 5.19. The topological polar surface area (TPSA) is 70.2 Å². The number of sulfonamides is 1. The summed E-state index contributed by atoms with van der Waals surface area (Å²) in [6, 6.07) is 16.4. The minimum absolute atomic E-state index is 0.0175. The summed E-state index contributed by atoms with van der Waals surface area (Å²) in [6.45, 7) is 3.39. The molecule has 8 heteroatoms. The summed E-state index contributed by atoms with van der Waals surface area (Å²) < 4.78 is 42.5. The number of nitrogens with one attached hydrogen (secondary N) is 3. The lowest BCUT2D eigenvalue weighted by Gasteiger charge is -2.23. The van der Waals surface area contributed by atoms with Gasteiger partial charge in [0.05, 0.1) is 0 Å². The Balaban J connectivity index is 1.22. The Morgan fingerprint density at radius 2 is 1.53 bits per heavy atom. The van der Waals surface area contributed by atoms with Gasteiger partial charge in [-0.15, -0.1) is 11.3 Å². The van der Waals surface area contributed by atoms with Gasteiger partial charge in [-0.05, 0) is 104 Å². The van der Waals surface area contributed by atoms with E-state index in [1.54, 1.807) is 18.2 Å². The van der Waals surface area contributed by atoms with Gasteiger partial charge in [-0.3, -0.25) is 0 Å². The fraction of sp³-hybridized carbons (Fsp3) is 0.385. The molecule has 0 radical (unpaired) electrons. The number of halogens is 1. The number of hydrogen-bond donors (Lipinski definition) is 3. The smallest absolute Gasteiger partial charge is 0.250 e. The largest absolute Gasteiger partial charge is 0.383 e. The molecule has 3 aromatic rings. The van der Waals surface area contributed by atoms with E-state index in [-0.39, 0.29) is 11.9 Å². The maximum absolute atomic E-state index is 13.0. The van der Waals surface area contributed by atoms with Crippen LogP contribution < -0.4 is 15.4 Å². The molecule has 0 spiro atoms. The van der Waals surface area contributed by atoms with Crippen LogP contribution in [-0.4, -0.2) is 27.5 Å². The first kappa shape index (κ1) is 23.3. The quantitative estimate of drug-likeness (QED) is 0.373. The van der Waals surface area contributed by atoms with E-state index in [0.717, 1.165) is 55.0 Å². The van der Waals surface area contributed by atoms with Crippen molar-refractivity contribution >= 4 is 32.7 Å². The van der Waals surface area contributed by atoms with Crippen molar-refractivity contribution < 1.29 is 12.8 Å². The highest BCUT2D eigenvalue weighted by Gasteiger charge is 2.41. The predicted molar refractivity (Wildman–Crippen MR) is 137 cm³/mol. The van der Waals surface area contributed by atoms with Crippen LogP contribution in [0.1, 0.15) is 28.8 Å². The summed E-state index contributed by atoms with van der Waals surface area (Å²) in [5, 5.41) is 6.75. The minimum Gasteiger partial charge on any atom is -0.383 e. The third-order valence-electron chi connectivity index (χ3n) is 6.99. The first-order valence-electron chi connectivity index (χ1n) is 11.8. The summed E-state index contributed by atoms with van der Waals surface area (Å²) in [5.74, 6) is 0.414. The summed E-state index contributed by atoms with van der Waals surface area (Å²) in [6.07, 6.45) is 3.93. The van der Waals surface area contributed by atoms with Gasteiger partial charge in [0, 0.05) is 35.4 Å². The number of fused-ring (bicyclic) bond motifs is 3. The molecule has 2 aromatic carbocycles. The first-order valence-corrected chi connectivity index (χ1v) is 14.1. The molecule has 1 saturated carbocycles. The van der Waals surface area contributed by atoms with Crippen molar-refractivity contribution in [3.8, 4) is 0 Å². The molecule has 0 aliphatic heterocycles. The number of benzene rings is 2. The maximum atomic E-state index is 13.0. The lowest BCUT2D eigenvalue weighted by atomic mass is 9.93. The second-order valence-corrected chi connectivity index (χ2v) is 12.6. The lowest BCUT2D eigenvalue weighted by molar-refractivity contribution is 0.386. The van der Waals surface area contributed by atoms with Crippen molar-refractivity contribution in [1.29, 1.82) is 0 Å². The monoisotopic (exact) mass is 499 g/mol. The highest BCUT2D eigenvalue weighted by Crippen LogP contribution is 2.41. The number of thiophene rings is 1. The molecule has 3 N–H and O–H groups in total. The Labute approximate surface area is 204 Å². The Kier molecular flexibility index (Phi) is 6.64. The molecule has 1 aromatic heterocycles. The van der Waals surface area contributed by atoms with Crippen molar-refractivity contribution in [2.45, 2.75) is 42.9 Å². The van der Waals surface area contributed by atoms with Crippen molar-refractivity contribution in [2.24, 2.45) is 11.8 Å². The van der Waals surface area contributed by atoms with Crippen LogP contribution in [0.4, 0.5) is 15.8 Å². The van der Waals surface area contributed by atoms with E-state index in [1.807, 2.05) is 13.0 Å². The molecule has 3 unspecified atom stereocenters. The average molecular weight is 500 g/mol. The molecule has 1 heterocycles. The van der Waals surface area contributed by atoms with Gasteiger partial charge < -0.3 is 10.6 Å². The zero-order chi connectivity index (χ0) is 23.7. The lowest BCUT2D eigenvalue weighted by Crippen LogP contribution is -2.41. The maximum Gasteiger partial charge on any atom is 0.250 e. The summed E-state index contributed by atoms with van der Waals surface area (Å²) in [4.78, 5) is 1.00. The van der Waals surface area contributed by atoms with Gasteiger partial charge >= 0.3 is 0 Å². The number of anilines is 2. The zero-order valence-electron chi connectivity index (χ0n) is 19.2. The van der Waals surface area contributed by atoms with Gasteiger partial charge in [0.1, 0.15) is 10.0 Å². The number of rotatable bonds is 8. The summed E-state index contributed by atoms with van der Waals surface area (Å²) in [7, 11) is -3.49. The van der Waals surface area contributed by atoms with Gasteiger partial charge in [0.2, 0.25) is 10.0 Å². The van der Waals surface area contributed by atoms with E-state index >= 15 is 0 Å². The van der Waals surface area contributed by atoms with E-state index in [4.69, 9.17) is 0 Å².